The van der Waals surface area contributed by atoms with Gasteiger partial charge in [0.2, 0.25) is 0 Å². The molecule has 22 heavy (non-hydrogen) atoms. The molecule has 0 unspecified atom stereocenters. The molecule has 0 aliphatic heterocycles. The fourth-order valence-corrected chi connectivity index (χ4v) is 2.49. The van der Waals surface area contributed by atoms with Gasteiger partial charge < -0.3 is 14.8 Å². The Hall–Kier alpha value is -1.24. The number of methoxy groups -OCH3 is 1. The molecule has 1 aromatic rings. The summed E-state index contributed by atoms with van der Waals surface area (Å²) in [5, 5.41) is 2.84. The van der Waals surface area contributed by atoms with Crippen LogP contribution in [-0.2, 0) is 19.1 Å². The SMILES string of the molecule is COCCNC(=O)[C@H](C)OC(=O)[C@@H](C)Sc1ccc(Cl)cc1. The van der Waals surface area contributed by atoms with Crippen LogP contribution in [0.15, 0.2) is 29.2 Å². The number of hydrogen-bond acceptors (Lipinski definition) is 5. The Bertz CT molecular complexity index is 495. The predicted molar refractivity (Wildman–Crippen MR) is 87.2 cm³/mol. The van der Waals surface area contributed by atoms with Crippen molar-refractivity contribution in [1.82, 2.24) is 5.32 Å². The predicted octanol–water partition coefficient (Wildman–Crippen LogP) is 2.51. The molecule has 1 amide bonds. The molecule has 0 radical (unpaired) electrons. The second kappa shape index (κ2) is 9.71. The molecule has 5 nitrogen and oxygen atoms in total. The van der Waals surface area contributed by atoms with Crippen molar-refractivity contribution < 1.29 is 19.1 Å². The third-order valence-corrected chi connectivity index (χ3v) is 4.07. The zero-order valence-corrected chi connectivity index (χ0v) is 14.4. The van der Waals surface area contributed by atoms with Gasteiger partial charge in [-0.25, -0.2) is 0 Å². The molecule has 1 N–H and O–H groups in total. The fourth-order valence-electron chi connectivity index (χ4n) is 1.51. The van der Waals surface area contributed by atoms with Crippen molar-refractivity contribution in [3.05, 3.63) is 29.3 Å². The largest absolute Gasteiger partial charge is 0.452 e. The summed E-state index contributed by atoms with van der Waals surface area (Å²) in [6.45, 7) is 4.07. The maximum atomic E-state index is 12.0. The molecule has 0 saturated heterocycles. The maximum absolute atomic E-state index is 12.0. The summed E-state index contributed by atoms with van der Waals surface area (Å²) in [5.74, 6) is -0.775. The number of ether oxygens (including phenoxy) is 2. The highest BCUT2D eigenvalue weighted by Crippen LogP contribution is 2.25. The number of benzene rings is 1. The van der Waals surface area contributed by atoms with Crippen LogP contribution in [0.25, 0.3) is 0 Å². The minimum Gasteiger partial charge on any atom is -0.452 e. The first-order valence-electron chi connectivity index (χ1n) is 6.83. The first kappa shape index (κ1) is 18.8. The Balaban J connectivity index is 2.42. The highest BCUT2D eigenvalue weighted by atomic mass is 35.5. The molecular formula is C15H20ClNO4S. The number of hydrogen-bond donors (Lipinski definition) is 1. The Morgan fingerprint density at radius 1 is 1.27 bits per heavy atom. The molecule has 0 heterocycles. The van der Waals surface area contributed by atoms with Crippen LogP contribution in [0, 0.1) is 0 Å². The number of carbonyl (C=O) groups is 2. The van der Waals surface area contributed by atoms with Crippen molar-refractivity contribution in [2.75, 3.05) is 20.3 Å². The van der Waals surface area contributed by atoms with Gasteiger partial charge in [0.15, 0.2) is 6.10 Å². The van der Waals surface area contributed by atoms with E-state index < -0.39 is 17.3 Å². The number of carbonyl (C=O) groups excluding carboxylic acids is 2. The van der Waals surface area contributed by atoms with Gasteiger partial charge >= 0.3 is 5.97 Å². The third-order valence-electron chi connectivity index (χ3n) is 2.73. The Morgan fingerprint density at radius 2 is 1.91 bits per heavy atom. The van der Waals surface area contributed by atoms with E-state index in [1.54, 1.807) is 33.1 Å². The lowest BCUT2D eigenvalue weighted by atomic mass is 10.3. The van der Waals surface area contributed by atoms with Crippen LogP contribution < -0.4 is 5.32 Å². The van der Waals surface area contributed by atoms with Crippen LogP contribution in [0.5, 0.6) is 0 Å². The normalized spacial score (nSPS) is 13.3. The summed E-state index contributed by atoms with van der Waals surface area (Å²) in [5.41, 5.74) is 0. The van der Waals surface area contributed by atoms with Crippen molar-refractivity contribution in [2.24, 2.45) is 0 Å². The number of amides is 1. The molecule has 0 aliphatic carbocycles. The van der Waals surface area contributed by atoms with E-state index in [1.165, 1.54) is 11.8 Å². The number of esters is 1. The summed E-state index contributed by atoms with van der Waals surface area (Å²) >= 11 is 7.16. The molecule has 122 valence electrons. The van der Waals surface area contributed by atoms with E-state index in [0.29, 0.717) is 18.2 Å². The highest BCUT2D eigenvalue weighted by molar-refractivity contribution is 8.00. The molecule has 0 bridgehead atoms. The van der Waals surface area contributed by atoms with Crippen molar-refractivity contribution in [3.8, 4) is 0 Å². The minimum absolute atomic E-state index is 0.339. The topological polar surface area (TPSA) is 64.6 Å². The molecular weight excluding hydrogens is 326 g/mol. The van der Waals surface area contributed by atoms with Crippen LogP contribution in [0.1, 0.15) is 13.8 Å². The first-order valence-corrected chi connectivity index (χ1v) is 8.09. The van der Waals surface area contributed by atoms with Gasteiger partial charge in [-0.2, -0.15) is 0 Å². The molecule has 0 aliphatic rings. The van der Waals surface area contributed by atoms with Crippen LogP contribution in [0.4, 0.5) is 0 Å². The van der Waals surface area contributed by atoms with E-state index in [-0.39, 0.29) is 5.91 Å². The van der Waals surface area contributed by atoms with E-state index in [9.17, 15) is 9.59 Å². The summed E-state index contributed by atoms with van der Waals surface area (Å²) in [7, 11) is 1.55. The maximum Gasteiger partial charge on any atom is 0.319 e. The van der Waals surface area contributed by atoms with Crippen LogP contribution in [0.2, 0.25) is 5.02 Å². The van der Waals surface area contributed by atoms with Gasteiger partial charge in [-0.1, -0.05) is 11.6 Å². The summed E-state index contributed by atoms with van der Waals surface area (Å²) in [6, 6.07) is 7.18. The summed E-state index contributed by atoms with van der Waals surface area (Å²) in [6.07, 6.45) is -0.836. The Morgan fingerprint density at radius 3 is 2.50 bits per heavy atom. The number of thioether (sulfide) groups is 1. The standard InChI is InChI=1S/C15H20ClNO4S/c1-10(14(18)17-8-9-20-3)21-15(19)11(2)22-13-6-4-12(16)5-7-13/h4-7,10-11H,8-9H2,1-3H3,(H,17,18)/t10-,11+/m0/s1. The third kappa shape index (κ3) is 6.68. The van der Waals surface area contributed by atoms with Gasteiger partial charge in [0, 0.05) is 23.6 Å². The van der Waals surface area contributed by atoms with Crippen LogP contribution in [-0.4, -0.2) is 43.5 Å². The fraction of sp³-hybridized carbons (Fsp3) is 0.467. The van der Waals surface area contributed by atoms with Gasteiger partial charge in [-0.05, 0) is 38.1 Å². The van der Waals surface area contributed by atoms with E-state index in [2.05, 4.69) is 5.32 Å². The van der Waals surface area contributed by atoms with Crippen molar-refractivity contribution >= 4 is 35.2 Å². The van der Waals surface area contributed by atoms with Gasteiger partial charge in [0.1, 0.15) is 5.25 Å². The summed E-state index contributed by atoms with van der Waals surface area (Å²) < 4.78 is 9.99. The number of rotatable bonds is 8. The quantitative estimate of drug-likeness (QED) is 0.445. The van der Waals surface area contributed by atoms with Gasteiger partial charge in [0.25, 0.3) is 5.91 Å². The number of nitrogens with one attached hydrogen (secondary N) is 1. The van der Waals surface area contributed by atoms with Gasteiger partial charge in [0.05, 0.1) is 6.61 Å². The number of halogens is 1. The van der Waals surface area contributed by atoms with Crippen molar-refractivity contribution in [1.29, 1.82) is 0 Å². The molecule has 7 heteroatoms. The molecule has 0 spiro atoms. The molecule has 0 fully saturated rings. The van der Waals surface area contributed by atoms with Crippen molar-refractivity contribution in [3.63, 3.8) is 0 Å². The average molecular weight is 346 g/mol. The van der Waals surface area contributed by atoms with Crippen LogP contribution in [0.3, 0.4) is 0 Å². The molecule has 0 saturated carbocycles. The Kier molecular flexibility index (Phi) is 8.30. The zero-order valence-electron chi connectivity index (χ0n) is 12.8. The smallest absolute Gasteiger partial charge is 0.319 e. The highest BCUT2D eigenvalue weighted by Gasteiger charge is 2.22. The lowest BCUT2D eigenvalue weighted by Crippen LogP contribution is -2.38. The lowest BCUT2D eigenvalue weighted by molar-refractivity contribution is -0.154. The average Bonchev–Trinajstić information content (AvgIpc) is 2.49. The minimum atomic E-state index is -0.836. The Labute approximate surface area is 139 Å². The summed E-state index contributed by atoms with van der Waals surface area (Å²) in [4.78, 5) is 24.6. The molecule has 1 rings (SSSR count). The van der Waals surface area contributed by atoms with E-state index in [4.69, 9.17) is 21.1 Å². The monoisotopic (exact) mass is 345 g/mol. The second-order valence-corrected chi connectivity index (χ2v) is 6.43. The first-order chi connectivity index (χ1) is 10.4. The van der Waals surface area contributed by atoms with Gasteiger partial charge in [-0.15, -0.1) is 11.8 Å². The van der Waals surface area contributed by atoms with E-state index in [1.807, 2.05) is 12.1 Å². The van der Waals surface area contributed by atoms with Gasteiger partial charge in [-0.3, -0.25) is 9.59 Å². The second-order valence-electron chi connectivity index (χ2n) is 4.58. The molecule has 0 aromatic heterocycles. The molecule has 1 aromatic carbocycles. The van der Waals surface area contributed by atoms with E-state index >= 15 is 0 Å². The lowest BCUT2D eigenvalue weighted by Gasteiger charge is -2.16. The van der Waals surface area contributed by atoms with Crippen molar-refractivity contribution in [2.45, 2.75) is 30.1 Å². The zero-order chi connectivity index (χ0) is 16.5. The van der Waals surface area contributed by atoms with Crippen LogP contribution >= 0.6 is 23.4 Å². The van der Waals surface area contributed by atoms with E-state index in [0.717, 1.165) is 4.90 Å². The molecule has 2 atom stereocenters.